The van der Waals surface area contributed by atoms with Gasteiger partial charge in [-0.3, -0.25) is 0 Å². The van der Waals surface area contributed by atoms with Gasteiger partial charge >= 0.3 is 0 Å². The summed E-state index contributed by atoms with van der Waals surface area (Å²) in [5.41, 5.74) is 0. The van der Waals surface area contributed by atoms with Crippen molar-refractivity contribution >= 4 is 5.84 Å². The fourth-order valence-corrected chi connectivity index (χ4v) is 0.381. The van der Waals surface area contributed by atoms with Crippen LogP contribution in [0.25, 0.3) is 0 Å². The number of aliphatic imine (C=N–C) groups is 1. The standard InChI is InChI=1S/C5H7N2/c1-5-6-3-4-7(5)2/h4H,1-2H3/q+1. The van der Waals surface area contributed by atoms with E-state index in [9.17, 15) is 0 Å². The lowest BCUT2D eigenvalue weighted by Gasteiger charge is -1.92. The number of hydrogen-bond donors (Lipinski definition) is 0. The van der Waals surface area contributed by atoms with Gasteiger partial charge in [0, 0.05) is 12.0 Å². The minimum Gasteiger partial charge on any atom is -0.234 e. The molecule has 1 aliphatic rings. The smallest absolute Gasteiger partial charge is 0.234 e. The summed E-state index contributed by atoms with van der Waals surface area (Å²) >= 11 is 0. The molecule has 36 valence electrons. The van der Waals surface area contributed by atoms with Gasteiger partial charge in [0.25, 0.3) is 5.84 Å². The van der Waals surface area contributed by atoms with Gasteiger partial charge in [0.05, 0.1) is 6.92 Å². The van der Waals surface area contributed by atoms with Crippen molar-refractivity contribution in [1.29, 1.82) is 0 Å². The van der Waals surface area contributed by atoms with Crippen LogP contribution in [0.3, 0.4) is 0 Å². The Kier molecular flexibility index (Phi) is 0.807. The molecule has 0 N–H and O–H groups in total. The van der Waals surface area contributed by atoms with Crippen LogP contribution in [0, 0.1) is 6.20 Å². The van der Waals surface area contributed by atoms with Crippen LogP contribution in [-0.4, -0.2) is 17.8 Å². The molecule has 0 aromatic heterocycles. The Morgan fingerprint density at radius 3 is 2.71 bits per heavy atom. The monoisotopic (exact) mass is 95.1 g/mol. The second kappa shape index (κ2) is 1.32. The van der Waals surface area contributed by atoms with Crippen molar-refractivity contribution in [3.63, 3.8) is 0 Å². The Balaban J connectivity index is 2.69. The molecule has 2 nitrogen and oxygen atoms in total. The average molecular weight is 95.1 g/mol. The zero-order valence-electron chi connectivity index (χ0n) is 4.47. The zero-order chi connectivity index (χ0) is 5.28. The highest BCUT2D eigenvalue weighted by Gasteiger charge is 2.11. The van der Waals surface area contributed by atoms with Gasteiger partial charge in [-0.15, -0.1) is 0 Å². The fraction of sp³-hybridized carbons (Fsp3) is 0.400. The summed E-state index contributed by atoms with van der Waals surface area (Å²) in [6.07, 6.45) is 4.51. The van der Waals surface area contributed by atoms with Crippen molar-refractivity contribution in [2.75, 3.05) is 7.05 Å². The Bertz CT molecular complexity index is 124. The highest BCUT2D eigenvalue weighted by molar-refractivity contribution is 5.82. The molecular formula is C5H7N2+. The van der Waals surface area contributed by atoms with Crippen LogP contribution < -0.4 is 0 Å². The summed E-state index contributed by atoms with van der Waals surface area (Å²) in [4.78, 5) is 5.77. The van der Waals surface area contributed by atoms with Gasteiger partial charge in [0.1, 0.15) is 0 Å². The third kappa shape index (κ3) is 0.599. The van der Waals surface area contributed by atoms with Gasteiger partial charge in [-0.05, 0) is 0 Å². The molecule has 0 atom stereocenters. The number of rotatable bonds is 0. The van der Waals surface area contributed by atoms with Crippen LogP contribution in [0.1, 0.15) is 6.92 Å². The minimum absolute atomic E-state index is 1.00. The highest BCUT2D eigenvalue weighted by Crippen LogP contribution is 1.95. The van der Waals surface area contributed by atoms with Gasteiger partial charge in [-0.25, -0.2) is 4.90 Å². The van der Waals surface area contributed by atoms with Crippen molar-refractivity contribution < 1.29 is 0 Å². The zero-order valence-corrected chi connectivity index (χ0v) is 4.47. The molecule has 0 saturated heterocycles. The molecule has 0 spiro atoms. The highest BCUT2D eigenvalue weighted by atomic mass is 15.2. The lowest BCUT2D eigenvalue weighted by Crippen LogP contribution is -2.12. The second-order valence-electron chi connectivity index (χ2n) is 1.53. The Morgan fingerprint density at radius 2 is 2.57 bits per heavy atom. The van der Waals surface area contributed by atoms with Crippen LogP contribution in [0.5, 0.6) is 0 Å². The number of amidine groups is 1. The summed E-state index contributed by atoms with van der Waals surface area (Å²) < 4.78 is 0. The van der Waals surface area contributed by atoms with E-state index in [1.165, 1.54) is 0 Å². The van der Waals surface area contributed by atoms with Crippen LogP contribution >= 0.6 is 0 Å². The Morgan fingerprint density at radius 1 is 1.86 bits per heavy atom. The fourth-order valence-electron chi connectivity index (χ4n) is 0.381. The first kappa shape index (κ1) is 4.28. The molecule has 0 fully saturated rings. The quantitative estimate of drug-likeness (QED) is 0.403. The van der Waals surface area contributed by atoms with E-state index in [1.54, 1.807) is 6.20 Å². The normalized spacial score (nSPS) is 16.9. The number of nitrogens with zero attached hydrogens (tertiary/aromatic N) is 2. The van der Waals surface area contributed by atoms with E-state index >= 15 is 0 Å². The SMILES string of the molecule is CC1=N[C+]=CN1C. The summed E-state index contributed by atoms with van der Waals surface area (Å²) in [6, 6.07) is 0. The van der Waals surface area contributed by atoms with Crippen molar-refractivity contribution in [2.45, 2.75) is 6.92 Å². The molecule has 1 heterocycles. The Labute approximate surface area is 43.2 Å². The van der Waals surface area contributed by atoms with Gasteiger partial charge in [0.2, 0.25) is 6.20 Å². The average Bonchev–Trinajstić information content (AvgIpc) is 1.91. The van der Waals surface area contributed by atoms with Gasteiger partial charge < -0.3 is 0 Å². The van der Waals surface area contributed by atoms with E-state index in [0.29, 0.717) is 0 Å². The van der Waals surface area contributed by atoms with Crippen molar-refractivity contribution in [2.24, 2.45) is 4.99 Å². The van der Waals surface area contributed by atoms with Crippen LogP contribution in [0.15, 0.2) is 11.2 Å². The van der Waals surface area contributed by atoms with Crippen LogP contribution in [0.2, 0.25) is 0 Å². The maximum atomic E-state index is 3.85. The number of hydrogen-bond acceptors (Lipinski definition) is 2. The van der Waals surface area contributed by atoms with E-state index in [1.807, 2.05) is 18.9 Å². The van der Waals surface area contributed by atoms with Gasteiger partial charge in [-0.1, -0.05) is 0 Å². The summed E-state index contributed by atoms with van der Waals surface area (Å²) in [5, 5.41) is 0. The summed E-state index contributed by atoms with van der Waals surface area (Å²) in [7, 11) is 1.94. The third-order valence-electron chi connectivity index (χ3n) is 0.988. The maximum Gasteiger partial charge on any atom is 0.255 e. The van der Waals surface area contributed by atoms with Crippen LogP contribution in [0.4, 0.5) is 0 Å². The summed E-state index contributed by atoms with van der Waals surface area (Å²) in [5.74, 6) is 1.00. The second-order valence-corrected chi connectivity index (χ2v) is 1.53. The first-order valence-corrected chi connectivity index (χ1v) is 2.16. The largest absolute Gasteiger partial charge is 0.255 e. The Hall–Kier alpha value is -0.880. The molecule has 0 amide bonds. The third-order valence-corrected chi connectivity index (χ3v) is 0.988. The molecule has 0 saturated carbocycles. The predicted octanol–water partition coefficient (Wildman–Crippen LogP) is 0.625. The van der Waals surface area contributed by atoms with E-state index in [0.717, 1.165) is 5.84 Å². The van der Waals surface area contributed by atoms with Crippen LogP contribution in [-0.2, 0) is 0 Å². The van der Waals surface area contributed by atoms with Crippen molar-refractivity contribution in [3.8, 4) is 0 Å². The van der Waals surface area contributed by atoms with Gasteiger partial charge in [0.15, 0.2) is 6.20 Å². The lowest BCUT2D eigenvalue weighted by atomic mass is 10.6. The molecule has 2 heteroatoms. The summed E-state index contributed by atoms with van der Waals surface area (Å²) in [6.45, 7) is 1.94. The molecule has 0 aromatic carbocycles. The molecule has 7 heavy (non-hydrogen) atoms. The minimum atomic E-state index is 1.00. The first-order chi connectivity index (χ1) is 3.30. The van der Waals surface area contributed by atoms with E-state index in [2.05, 4.69) is 11.2 Å². The molecule has 0 aliphatic carbocycles. The molecule has 0 radical (unpaired) electrons. The van der Waals surface area contributed by atoms with E-state index < -0.39 is 0 Å². The maximum absolute atomic E-state index is 3.85. The predicted molar refractivity (Wildman–Crippen MR) is 28.7 cm³/mol. The molecule has 1 rings (SSSR count). The molecule has 0 aromatic rings. The molecular weight excluding hydrogens is 88.1 g/mol. The molecule has 0 bridgehead atoms. The lowest BCUT2D eigenvalue weighted by molar-refractivity contribution is 0.699. The first-order valence-electron chi connectivity index (χ1n) is 2.16. The molecule has 0 unspecified atom stereocenters. The topological polar surface area (TPSA) is 15.6 Å². The van der Waals surface area contributed by atoms with E-state index in [4.69, 9.17) is 0 Å². The van der Waals surface area contributed by atoms with Crippen molar-refractivity contribution in [1.82, 2.24) is 4.90 Å². The molecule has 1 aliphatic heterocycles. The van der Waals surface area contributed by atoms with E-state index in [-0.39, 0.29) is 0 Å². The van der Waals surface area contributed by atoms with Crippen molar-refractivity contribution in [3.05, 3.63) is 12.4 Å². The van der Waals surface area contributed by atoms with Gasteiger partial charge in [-0.2, -0.15) is 0 Å².